The first kappa shape index (κ1) is 10.0. The summed E-state index contributed by atoms with van der Waals surface area (Å²) in [5, 5.41) is 0. The Bertz CT molecular complexity index is 373. The number of nitrogens with two attached hydrogens (primary N) is 3. The Hall–Kier alpha value is -2.04. The van der Waals surface area contributed by atoms with Crippen LogP contribution in [0.3, 0.4) is 0 Å². The molecule has 0 radical (unpaired) electrons. The van der Waals surface area contributed by atoms with Crippen LogP contribution >= 0.6 is 0 Å². The van der Waals surface area contributed by atoms with Gasteiger partial charge >= 0.3 is 0 Å². The summed E-state index contributed by atoms with van der Waals surface area (Å²) in [5.41, 5.74) is 17.1. The van der Waals surface area contributed by atoms with E-state index in [1.807, 2.05) is 0 Å². The van der Waals surface area contributed by atoms with Crippen LogP contribution in [0.4, 0.5) is 11.5 Å². The third kappa shape index (κ3) is 2.78. The molecule has 0 spiro atoms. The summed E-state index contributed by atoms with van der Waals surface area (Å²) in [6, 6.07) is 1.68. The number of hydrogen-bond donors (Lipinski definition) is 3. The van der Waals surface area contributed by atoms with E-state index in [0.717, 1.165) is 5.56 Å². The minimum absolute atomic E-state index is 0.199. The smallest absolute Gasteiger partial charge is 0.221 e. The first-order valence-corrected chi connectivity index (χ1v) is 4.05. The van der Waals surface area contributed by atoms with E-state index < -0.39 is 0 Å². The molecule has 5 heteroatoms. The summed E-state index contributed by atoms with van der Waals surface area (Å²) < 4.78 is 0. The van der Waals surface area contributed by atoms with E-state index in [4.69, 9.17) is 17.2 Å². The molecule has 6 N–H and O–H groups in total. The topological polar surface area (TPSA) is 108 Å². The Labute approximate surface area is 81.6 Å². The van der Waals surface area contributed by atoms with Gasteiger partial charge in [0, 0.05) is 12.6 Å². The Morgan fingerprint density at radius 2 is 2.21 bits per heavy atom. The summed E-state index contributed by atoms with van der Waals surface area (Å²) in [6.07, 6.45) is 5.13. The third-order valence-corrected chi connectivity index (χ3v) is 1.60. The number of primary amides is 1. The van der Waals surface area contributed by atoms with Crippen LogP contribution in [0.25, 0.3) is 6.08 Å². The molecule has 1 heterocycles. The van der Waals surface area contributed by atoms with Gasteiger partial charge in [-0.25, -0.2) is 4.98 Å². The highest BCUT2D eigenvalue weighted by Gasteiger charge is 1.95. The van der Waals surface area contributed by atoms with Crippen molar-refractivity contribution < 1.29 is 4.79 Å². The molecule has 0 aromatic carbocycles. The summed E-state index contributed by atoms with van der Waals surface area (Å²) in [7, 11) is 0. The SMILES string of the molecule is NC(=O)CC=Cc1cnc(N)c(N)c1. The Morgan fingerprint density at radius 3 is 2.79 bits per heavy atom. The number of rotatable bonds is 3. The van der Waals surface area contributed by atoms with Gasteiger partial charge in [-0.2, -0.15) is 0 Å². The molecule has 0 aliphatic heterocycles. The molecule has 1 aromatic heterocycles. The van der Waals surface area contributed by atoms with Crippen LogP contribution in [0.1, 0.15) is 12.0 Å². The van der Waals surface area contributed by atoms with Gasteiger partial charge in [0.25, 0.3) is 0 Å². The largest absolute Gasteiger partial charge is 0.396 e. The average Bonchev–Trinajstić information content (AvgIpc) is 2.10. The first-order valence-electron chi connectivity index (χ1n) is 4.05. The Kier molecular flexibility index (Phi) is 3.06. The second-order valence-electron chi connectivity index (χ2n) is 2.82. The van der Waals surface area contributed by atoms with Crippen molar-refractivity contribution in [3.63, 3.8) is 0 Å². The van der Waals surface area contributed by atoms with Crippen molar-refractivity contribution in [1.29, 1.82) is 0 Å². The van der Waals surface area contributed by atoms with Crippen molar-refractivity contribution in [3.8, 4) is 0 Å². The maximum atomic E-state index is 10.4. The molecule has 0 saturated heterocycles. The molecule has 1 aromatic rings. The molecule has 1 rings (SSSR count). The number of nitrogen functional groups attached to an aromatic ring is 2. The zero-order chi connectivity index (χ0) is 10.6. The minimum Gasteiger partial charge on any atom is -0.396 e. The van der Waals surface area contributed by atoms with Crippen LogP contribution < -0.4 is 17.2 Å². The minimum atomic E-state index is -0.377. The molecule has 1 amide bonds. The fourth-order valence-corrected chi connectivity index (χ4v) is 0.912. The Balaban J connectivity index is 2.73. The molecule has 5 nitrogen and oxygen atoms in total. The molecule has 0 fully saturated rings. The van der Waals surface area contributed by atoms with E-state index in [1.165, 1.54) is 0 Å². The van der Waals surface area contributed by atoms with E-state index in [0.29, 0.717) is 11.5 Å². The second kappa shape index (κ2) is 4.27. The zero-order valence-electron chi connectivity index (χ0n) is 7.60. The van der Waals surface area contributed by atoms with Gasteiger partial charge in [0.05, 0.1) is 5.69 Å². The summed E-state index contributed by atoms with van der Waals surface area (Å²) in [4.78, 5) is 14.3. The number of anilines is 2. The van der Waals surface area contributed by atoms with Crippen LogP contribution in [-0.2, 0) is 4.79 Å². The van der Waals surface area contributed by atoms with Crippen LogP contribution in [0, 0.1) is 0 Å². The number of carbonyl (C=O) groups excluding carboxylic acids is 1. The molecule has 0 aliphatic rings. The number of hydrogen-bond acceptors (Lipinski definition) is 4. The van der Waals surface area contributed by atoms with Gasteiger partial charge in [-0.05, 0) is 11.6 Å². The molecular formula is C9H12N4O. The maximum Gasteiger partial charge on any atom is 0.221 e. The number of aromatic nitrogens is 1. The lowest BCUT2D eigenvalue weighted by Crippen LogP contribution is -2.07. The summed E-state index contributed by atoms with van der Waals surface area (Å²) >= 11 is 0. The average molecular weight is 192 g/mol. The van der Waals surface area contributed by atoms with E-state index >= 15 is 0 Å². The number of carbonyl (C=O) groups is 1. The molecule has 14 heavy (non-hydrogen) atoms. The van der Waals surface area contributed by atoms with Gasteiger partial charge in [0.2, 0.25) is 5.91 Å². The summed E-state index contributed by atoms with van der Waals surface area (Å²) in [5.74, 6) is -0.0744. The standard InChI is InChI=1S/C9H12N4O/c10-7-4-6(5-13-9(7)12)2-1-3-8(11)14/h1-2,4-5H,3,10H2,(H2,11,14)(H2,12,13). The molecule has 74 valence electrons. The van der Waals surface area contributed by atoms with Crippen LogP contribution in [-0.4, -0.2) is 10.9 Å². The van der Waals surface area contributed by atoms with Gasteiger partial charge in [-0.1, -0.05) is 12.2 Å². The monoisotopic (exact) mass is 192 g/mol. The zero-order valence-corrected chi connectivity index (χ0v) is 7.60. The molecule has 0 unspecified atom stereocenters. The van der Waals surface area contributed by atoms with Crippen molar-refractivity contribution in [2.24, 2.45) is 5.73 Å². The highest BCUT2D eigenvalue weighted by Crippen LogP contribution is 2.13. The van der Waals surface area contributed by atoms with Crippen molar-refractivity contribution >= 4 is 23.5 Å². The lowest BCUT2D eigenvalue weighted by molar-refractivity contribution is -0.117. The van der Waals surface area contributed by atoms with Crippen LogP contribution in [0.2, 0.25) is 0 Å². The predicted molar refractivity (Wildman–Crippen MR) is 55.9 cm³/mol. The first-order chi connectivity index (χ1) is 6.59. The molecular weight excluding hydrogens is 180 g/mol. The highest BCUT2D eigenvalue weighted by molar-refractivity contribution is 5.76. The van der Waals surface area contributed by atoms with Crippen molar-refractivity contribution in [1.82, 2.24) is 4.98 Å². The fraction of sp³-hybridized carbons (Fsp3) is 0.111. The lowest BCUT2D eigenvalue weighted by Gasteiger charge is -1.99. The van der Waals surface area contributed by atoms with Gasteiger partial charge in [0.1, 0.15) is 5.82 Å². The van der Waals surface area contributed by atoms with Crippen molar-refractivity contribution in [2.45, 2.75) is 6.42 Å². The molecule has 0 aliphatic carbocycles. The number of nitrogens with zero attached hydrogens (tertiary/aromatic N) is 1. The highest BCUT2D eigenvalue weighted by atomic mass is 16.1. The quantitative estimate of drug-likeness (QED) is 0.632. The van der Waals surface area contributed by atoms with Crippen LogP contribution in [0.5, 0.6) is 0 Å². The van der Waals surface area contributed by atoms with E-state index in [9.17, 15) is 4.79 Å². The van der Waals surface area contributed by atoms with Crippen LogP contribution in [0.15, 0.2) is 18.3 Å². The molecule has 0 saturated carbocycles. The van der Waals surface area contributed by atoms with Crippen molar-refractivity contribution in [3.05, 3.63) is 23.9 Å². The fourth-order valence-electron chi connectivity index (χ4n) is 0.912. The third-order valence-electron chi connectivity index (χ3n) is 1.60. The maximum absolute atomic E-state index is 10.4. The second-order valence-corrected chi connectivity index (χ2v) is 2.82. The predicted octanol–water partition coefficient (Wildman–Crippen LogP) is 0.135. The van der Waals surface area contributed by atoms with Gasteiger partial charge in [0.15, 0.2) is 0 Å². The normalized spacial score (nSPS) is 10.6. The van der Waals surface area contributed by atoms with E-state index in [2.05, 4.69) is 4.98 Å². The lowest BCUT2D eigenvalue weighted by atomic mass is 10.2. The number of pyridine rings is 1. The van der Waals surface area contributed by atoms with Gasteiger partial charge in [-0.3, -0.25) is 4.79 Å². The molecule has 0 atom stereocenters. The summed E-state index contributed by atoms with van der Waals surface area (Å²) in [6.45, 7) is 0. The number of amides is 1. The van der Waals surface area contributed by atoms with Crippen molar-refractivity contribution in [2.75, 3.05) is 11.5 Å². The van der Waals surface area contributed by atoms with Gasteiger partial charge < -0.3 is 17.2 Å². The van der Waals surface area contributed by atoms with E-state index in [-0.39, 0.29) is 12.3 Å². The van der Waals surface area contributed by atoms with Gasteiger partial charge in [-0.15, -0.1) is 0 Å². The van der Waals surface area contributed by atoms with E-state index in [1.54, 1.807) is 24.4 Å². The molecule has 0 bridgehead atoms. The Morgan fingerprint density at radius 1 is 1.50 bits per heavy atom.